The summed E-state index contributed by atoms with van der Waals surface area (Å²) < 4.78 is 6.81. The van der Waals surface area contributed by atoms with E-state index in [-0.39, 0.29) is 17.2 Å². The van der Waals surface area contributed by atoms with E-state index in [0.717, 1.165) is 0 Å². The molecular weight excluding hydrogens is 354 g/mol. The maximum atomic E-state index is 12.8. The van der Waals surface area contributed by atoms with Crippen molar-refractivity contribution in [3.05, 3.63) is 69.6 Å². The lowest BCUT2D eigenvalue weighted by Gasteiger charge is -2.18. The Hall–Kier alpha value is -2.86. The van der Waals surface area contributed by atoms with Crippen LogP contribution in [0.3, 0.4) is 0 Å². The summed E-state index contributed by atoms with van der Waals surface area (Å²) in [5, 5.41) is 5.81. The first kappa shape index (κ1) is 17.9. The van der Waals surface area contributed by atoms with Crippen LogP contribution in [-0.4, -0.2) is 40.8 Å². The van der Waals surface area contributed by atoms with Gasteiger partial charge in [0.05, 0.1) is 11.9 Å². The molecule has 0 aliphatic carbocycles. The normalized spacial score (nSPS) is 10.7. The second-order valence-corrected chi connectivity index (χ2v) is 6.29. The Morgan fingerprint density at radius 3 is 2.50 bits per heavy atom. The third-order valence-electron chi connectivity index (χ3n) is 4.01. The lowest BCUT2D eigenvalue weighted by molar-refractivity contribution is 0.0768. The van der Waals surface area contributed by atoms with E-state index in [4.69, 9.17) is 16.3 Å². The van der Waals surface area contributed by atoms with Crippen LogP contribution < -0.4 is 10.3 Å². The molecule has 0 fully saturated rings. The summed E-state index contributed by atoms with van der Waals surface area (Å²) in [6.07, 6.45) is 0. The van der Waals surface area contributed by atoms with Crippen molar-refractivity contribution in [1.29, 1.82) is 0 Å². The molecule has 134 valence electrons. The summed E-state index contributed by atoms with van der Waals surface area (Å²) in [7, 11) is 3.21. The van der Waals surface area contributed by atoms with E-state index in [0.29, 0.717) is 34.7 Å². The summed E-state index contributed by atoms with van der Waals surface area (Å²) >= 11 is 5.84. The van der Waals surface area contributed by atoms with Crippen molar-refractivity contribution in [3.8, 4) is 5.75 Å². The molecular formula is C19H18ClN3O3. The molecule has 1 aromatic heterocycles. The number of likely N-dealkylation sites (N-methyl/N-ethyl adjacent to an activating group) is 1. The number of hydrogen-bond donors (Lipinski definition) is 0. The quantitative estimate of drug-likeness (QED) is 0.691. The average molecular weight is 372 g/mol. The largest absolute Gasteiger partial charge is 0.492 e. The molecule has 0 unspecified atom stereocenters. The topological polar surface area (TPSA) is 64.4 Å². The molecule has 0 saturated carbocycles. The monoisotopic (exact) mass is 371 g/mol. The van der Waals surface area contributed by atoms with Gasteiger partial charge in [0.1, 0.15) is 12.4 Å². The highest BCUT2D eigenvalue weighted by atomic mass is 35.5. The van der Waals surface area contributed by atoms with Crippen LogP contribution in [-0.2, 0) is 7.05 Å². The molecule has 1 heterocycles. The number of halogens is 1. The van der Waals surface area contributed by atoms with Gasteiger partial charge in [0.25, 0.3) is 11.5 Å². The van der Waals surface area contributed by atoms with Gasteiger partial charge in [-0.15, -0.1) is 0 Å². The second-order valence-electron chi connectivity index (χ2n) is 5.85. The maximum absolute atomic E-state index is 12.8. The number of hydrogen-bond acceptors (Lipinski definition) is 4. The first-order valence-electron chi connectivity index (χ1n) is 8.07. The van der Waals surface area contributed by atoms with Crippen molar-refractivity contribution in [2.24, 2.45) is 7.05 Å². The van der Waals surface area contributed by atoms with Crippen LogP contribution in [0.15, 0.2) is 53.3 Å². The van der Waals surface area contributed by atoms with Crippen LogP contribution in [0.4, 0.5) is 0 Å². The number of aryl methyl sites for hydroxylation is 1. The van der Waals surface area contributed by atoms with Gasteiger partial charge >= 0.3 is 0 Å². The molecule has 0 radical (unpaired) electrons. The van der Waals surface area contributed by atoms with Gasteiger partial charge in [-0.3, -0.25) is 9.59 Å². The fourth-order valence-electron chi connectivity index (χ4n) is 2.57. The summed E-state index contributed by atoms with van der Waals surface area (Å²) in [5.41, 5.74) is 0.0163. The van der Waals surface area contributed by atoms with Crippen molar-refractivity contribution < 1.29 is 9.53 Å². The van der Waals surface area contributed by atoms with Crippen molar-refractivity contribution in [2.75, 3.05) is 20.2 Å². The van der Waals surface area contributed by atoms with Gasteiger partial charge in [-0.25, -0.2) is 4.68 Å². The number of amides is 1. The molecule has 0 bridgehead atoms. The van der Waals surface area contributed by atoms with Crippen molar-refractivity contribution in [1.82, 2.24) is 14.7 Å². The van der Waals surface area contributed by atoms with Crippen molar-refractivity contribution in [3.63, 3.8) is 0 Å². The molecule has 0 aliphatic heterocycles. The molecule has 2 aromatic carbocycles. The predicted molar refractivity (Wildman–Crippen MR) is 101 cm³/mol. The van der Waals surface area contributed by atoms with Gasteiger partial charge in [-0.05, 0) is 30.3 Å². The lowest BCUT2D eigenvalue weighted by atomic mass is 10.1. The Kier molecular flexibility index (Phi) is 5.23. The van der Waals surface area contributed by atoms with Crippen LogP contribution in [0.1, 0.15) is 10.5 Å². The standard InChI is InChI=1S/C19H18ClN3O3/c1-22(11-12-26-14-9-7-13(20)8-10-14)19(25)17-15-5-3-4-6-16(15)18(24)23(2)21-17/h3-10H,11-12H2,1-2H3. The van der Waals surface area contributed by atoms with E-state index in [9.17, 15) is 9.59 Å². The molecule has 3 rings (SSSR count). The highest BCUT2D eigenvalue weighted by Gasteiger charge is 2.19. The van der Waals surface area contributed by atoms with Gasteiger partial charge in [0.2, 0.25) is 0 Å². The predicted octanol–water partition coefficient (Wildman–Crippen LogP) is 2.74. The van der Waals surface area contributed by atoms with Crippen LogP contribution in [0, 0.1) is 0 Å². The van der Waals surface area contributed by atoms with Gasteiger partial charge in [0.15, 0.2) is 5.69 Å². The third-order valence-corrected chi connectivity index (χ3v) is 4.27. The second kappa shape index (κ2) is 7.58. The van der Waals surface area contributed by atoms with Gasteiger partial charge < -0.3 is 9.64 Å². The van der Waals surface area contributed by atoms with E-state index in [1.807, 2.05) is 0 Å². The SMILES string of the molecule is CN(CCOc1ccc(Cl)cc1)C(=O)c1nn(C)c(=O)c2ccccc12. The minimum absolute atomic E-state index is 0.231. The van der Waals surface area contributed by atoms with Gasteiger partial charge in [-0.1, -0.05) is 29.8 Å². The minimum atomic E-state index is -0.267. The zero-order valence-electron chi connectivity index (χ0n) is 14.5. The van der Waals surface area contributed by atoms with Crippen LogP contribution in [0.5, 0.6) is 5.75 Å². The smallest absolute Gasteiger partial charge is 0.274 e. The number of carbonyl (C=O) groups excluding carboxylic acids is 1. The Morgan fingerprint density at radius 2 is 1.81 bits per heavy atom. The van der Waals surface area contributed by atoms with Gasteiger partial charge in [0, 0.05) is 24.5 Å². The lowest BCUT2D eigenvalue weighted by Crippen LogP contribution is -2.33. The molecule has 1 amide bonds. The molecule has 0 N–H and O–H groups in total. The molecule has 0 saturated heterocycles. The Morgan fingerprint density at radius 1 is 1.15 bits per heavy atom. The molecule has 0 atom stereocenters. The van der Waals surface area contributed by atoms with Crippen LogP contribution in [0.25, 0.3) is 10.8 Å². The Bertz CT molecular complexity index is 999. The van der Waals surface area contributed by atoms with E-state index in [1.165, 1.54) is 16.6 Å². The average Bonchev–Trinajstić information content (AvgIpc) is 2.65. The zero-order chi connectivity index (χ0) is 18.7. The van der Waals surface area contributed by atoms with Crippen LogP contribution >= 0.6 is 11.6 Å². The van der Waals surface area contributed by atoms with E-state index >= 15 is 0 Å². The fraction of sp³-hybridized carbons (Fsp3) is 0.211. The molecule has 6 nitrogen and oxygen atoms in total. The van der Waals surface area contributed by atoms with Crippen molar-refractivity contribution in [2.45, 2.75) is 0 Å². The number of aromatic nitrogens is 2. The van der Waals surface area contributed by atoms with Crippen LogP contribution in [0.2, 0.25) is 5.02 Å². The number of benzene rings is 2. The third kappa shape index (κ3) is 3.70. The highest BCUT2D eigenvalue weighted by molar-refractivity contribution is 6.30. The van der Waals surface area contributed by atoms with E-state index in [1.54, 1.807) is 55.6 Å². The Balaban J connectivity index is 1.74. The number of ether oxygens (including phenoxy) is 1. The first-order chi connectivity index (χ1) is 12.5. The number of carbonyl (C=O) groups is 1. The summed E-state index contributed by atoms with van der Waals surface area (Å²) in [6, 6.07) is 14.0. The summed E-state index contributed by atoms with van der Waals surface area (Å²) in [5.74, 6) is 0.414. The first-order valence-corrected chi connectivity index (χ1v) is 8.45. The molecule has 0 aliphatic rings. The number of rotatable bonds is 5. The molecule has 3 aromatic rings. The number of nitrogens with zero attached hydrogens (tertiary/aromatic N) is 3. The van der Waals surface area contributed by atoms with E-state index < -0.39 is 0 Å². The molecule has 26 heavy (non-hydrogen) atoms. The zero-order valence-corrected chi connectivity index (χ0v) is 15.2. The summed E-state index contributed by atoms with van der Waals surface area (Å²) in [4.78, 5) is 26.5. The van der Waals surface area contributed by atoms with Crippen molar-refractivity contribution >= 4 is 28.3 Å². The molecule has 0 spiro atoms. The van der Waals surface area contributed by atoms with E-state index in [2.05, 4.69) is 5.10 Å². The van der Waals surface area contributed by atoms with Gasteiger partial charge in [-0.2, -0.15) is 5.10 Å². The fourth-order valence-corrected chi connectivity index (χ4v) is 2.70. The maximum Gasteiger partial charge on any atom is 0.274 e. The Labute approximate surface area is 155 Å². The minimum Gasteiger partial charge on any atom is -0.492 e. The molecule has 7 heteroatoms. The highest BCUT2D eigenvalue weighted by Crippen LogP contribution is 2.16. The number of fused-ring (bicyclic) bond motifs is 1. The summed E-state index contributed by atoms with van der Waals surface area (Å²) in [6.45, 7) is 0.702.